The van der Waals surface area contributed by atoms with Crippen molar-refractivity contribution < 1.29 is 23.4 Å². The van der Waals surface area contributed by atoms with Gasteiger partial charge in [0.05, 0.1) is 12.2 Å². The van der Waals surface area contributed by atoms with Crippen molar-refractivity contribution in [1.29, 1.82) is 5.26 Å². The van der Waals surface area contributed by atoms with E-state index < -0.39 is 34.8 Å². The molecule has 0 aliphatic carbocycles. The van der Waals surface area contributed by atoms with E-state index in [9.17, 15) is 18.7 Å². The van der Waals surface area contributed by atoms with Crippen LogP contribution >= 0.6 is 0 Å². The highest BCUT2D eigenvalue weighted by Crippen LogP contribution is 2.30. The molecule has 6 heteroatoms. The number of nitrogens with zero attached hydrogens (tertiary/aromatic N) is 1. The average Bonchev–Trinajstić information content (AvgIpc) is 2.28. The number of halogens is 2. The van der Waals surface area contributed by atoms with Crippen molar-refractivity contribution in [2.45, 2.75) is 13.3 Å². The van der Waals surface area contributed by atoms with Gasteiger partial charge in [0.1, 0.15) is 17.4 Å². The van der Waals surface area contributed by atoms with Crippen molar-refractivity contribution in [1.82, 2.24) is 0 Å². The van der Waals surface area contributed by atoms with E-state index in [1.165, 1.54) is 13.0 Å². The number of phenols is 1. The van der Waals surface area contributed by atoms with Gasteiger partial charge in [-0.3, -0.25) is 0 Å². The normalized spacial score (nSPS) is 10.1. The molecule has 17 heavy (non-hydrogen) atoms. The first-order chi connectivity index (χ1) is 8.02. The van der Waals surface area contributed by atoms with Gasteiger partial charge < -0.3 is 9.84 Å². The van der Waals surface area contributed by atoms with E-state index in [0.717, 1.165) is 12.1 Å². The molecule has 0 saturated heterocycles. The lowest BCUT2D eigenvalue weighted by Gasteiger charge is -2.10. The minimum Gasteiger partial charge on any atom is -0.507 e. The van der Waals surface area contributed by atoms with Gasteiger partial charge in [-0.1, -0.05) is 0 Å². The van der Waals surface area contributed by atoms with E-state index in [0.29, 0.717) is 0 Å². The first kappa shape index (κ1) is 12.9. The maximum Gasteiger partial charge on any atom is 0.340 e. The van der Waals surface area contributed by atoms with E-state index >= 15 is 0 Å². The number of hydrogen-bond donors (Lipinski definition) is 1. The Morgan fingerprint density at radius 3 is 2.71 bits per heavy atom. The molecule has 1 aromatic carbocycles. The van der Waals surface area contributed by atoms with Gasteiger partial charge in [-0.25, -0.2) is 13.6 Å². The van der Waals surface area contributed by atoms with E-state index in [-0.39, 0.29) is 6.61 Å². The number of esters is 1. The van der Waals surface area contributed by atoms with Crippen LogP contribution in [0, 0.1) is 11.3 Å². The summed E-state index contributed by atoms with van der Waals surface area (Å²) < 4.78 is 29.9. The number of aromatic hydroxyl groups is 1. The first-order valence-corrected chi connectivity index (χ1v) is 4.74. The Kier molecular flexibility index (Phi) is 3.99. The summed E-state index contributed by atoms with van der Waals surface area (Å²) in [6, 6.07) is 3.36. The van der Waals surface area contributed by atoms with Gasteiger partial charge in [-0.15, -0.1) is 0 Å². The van der Waals surface area contributed by atoms with Gasteiger partial charge in [0.15, 0.2) is 0 Å². The number of ether oxygens (including phenoxy) is 1. The van der Waals surface area contributed by atoms with Crippen LogP contribution in [0.5, 0.6) is 5.75 Å². The van der Waals surface area contributed by atoms with Crippen molar-refractivity contribution in [2.24, 2.45) is 0 Å². The molecule has 1 N–H and O–H groups in total. The zero-order chi connectivity index (χ0) is 13.0. The van der Waals surface area contributed by atoms with Gasteiger partial charge in [-0.05, 0) is 19.1 Å². The predicted octanol–water partition coefficient (Wildman–Crippen LogP) is 2.38. The second kappa shape index (κ2) is 5.25. The second-order valence-corrected chi connectivity index (χ2v) is 3.06. The quantitative estimate of drug-likeness (QED) is 0.825. The summed E-state index contributed by atoms with van der Waals surface area (Å²) >= 11 is 0. The fraction of sp³-hybridized carbons (Fsp3) is 0.273. The fourth-order valence-corrected chi connectivity index (χ4v) is 1.33. The molecule has 0 saturated carbocycles. The molecule has 0 aliphatic rings. The van der Waals surface area contributed by atoms with Gasteiger partial charge in [-0.2, -0.15) is 5.26 Å². The van der Waals surface area contributed by atoms with Crippen molar-refractivity contribution in [3.8, 4) is 11.8 Å². The Balaban J connectivity index is 3.45. The molecule has 0 fully saturated rings. The topological polar surface area (TPSA) is 70.3 Å². The third-order valence-electron chi connectivity index (χ3n) is 2.04. The summed E-state index contributed by atoms with van der Waals surface area (Å²) in [5, 5.41) is 18.1. The van der Waals surface area contributed by atoms with Crippen LogP contribution in [0.2, 0.25) is 0 Å². The second-order valence-electron chi connectivity index (χ2n) is 3.06. The SMILES string of the molecule is CCOC(=O)c1c(C(F)F)ccc(O)c1C#N. The molecule has 0 unspecified atom stereocenters. The number of alkyl halides is 2. The number of carbonyl (C=O) groups excluding carboxylic acids is 1. The minimum absolute atomic E-state index is 0.0119. The maximum atomic E-state index is 12.7. The van der Waals surface area contributed by atoms with Crippen molar-refractivity contribution in [3.05, 3.63) is 28.8 Å². The number of nitriles is 1. The highest BCUT2D eigenvalue weighted by molar-refractivity contribution is 5.95. The Labute approximate surface area is 96.0 Å². The average molecular weight is 241 g/mol. The lowest BCUT2D eigenvalue weighted by molar-refractivity contribution is 0.0514. The smallest absolute Gasteiger partial charge is 0.340 e. The van der Waals surface area contributed by atoms with Crippen molar-refractivity contribution in [3.63, 3.8) is 0 Å². The lowest BCUT2D eigenvalue weighted by Crippen LogP contribution is -2.11. The largest absolute Gasteiger partial charge is 0.507 e. The molecule has 0 aromatic heterocycles. The molecule has 0 bridgehead atoms. The van der Waals surface area contributed by atoms with Crippen LogP contribution in [0.25, 0.3) is 0 Å². The number of benzene rings is 1. The molecule has 90 valence electrons. The monoisotopic (exact) mass is 241 g/mol. The molecule has 0 spiro atoms. The van der Waals surface area contributed by atoms with Crippen molar-refractivity contribution in [2.75, 3.05) is 6.61 Å². The van der Waals surface area contributed by atoms with Crippen LogP contribution in [0.3, 0.4) is 0 Å². The van der Waals surface area contributed by atoms with E-state index in [4.69, 9.17) is 5.26 Å². The fourth-order valence-electron chi connectivity index (χ4n) is 1.33. The summed E-state index contributed by atoms with van der Waals surface area (Å²) in [7, 11) is 0. The highest BCUT2D eigenvalue weighted by Gasteiger charge is 2.25. The number of rotatable bonds is 3. The molecule has 4 nitrogen and oxygen atoms in total. The number of carbonyl (C=O) groups is 1. The standard InChI is InChI=1S/C11H9F2NO3/c1-2-17-11(16)9-6(10(12)13)3-4-8(15)7(9)5-14/h3-4,10,15H,2H2,1H3. The first-order valence-electron chi connectivity index (χ1n) is 4.74. The molecule has 0 aliphatic heterocycles. The Hall–Kier alpha value is -2.16. The molecular weight excluding hydrogens is 232 g/mol. The van der Waals surface area contributed by atoms with Crippen LogP contribution in [0.4, 0.5) is 8.78 Å². The molecule has 0 atom stereocenters. The number of phenolic OH excluding ortho intramolecular Hbond substituents is 1. The van der Waals surface area contributed by atoms with Gasteiger partial charge >= 0.3 is 5.97 Å². The summed E-state index contributed by atoms with van der Waals surface area (Å²) in [5.41, 5.74) is -1.71. The van der Waals surface area contributed by atoms with E-state index in [1.807, 2.05) is 0 Å². The van der Waals surface area contributed by atoms with Gasteiger partial charge in [0, 0.05) is 5.56 Å². The summed E-state index contributed by atoms with van der Waals surface area (Å²) in [6.07, 6.45) is -2.93. The van der Waals surface area contributed by atoms with Crippen LogP contribution in [0.1, 0.15) is 34.8 Å². The minimum atomic E-state index is -2.93. The van der Waals surface area contributed by atoms with Crippen LogP contribution in [-0.2, 0) is 4.74 Å². The zero-order valence-electron chi connectivity index (χ0n) is 8.91. The lowest BCUT2D eigenvalue weighted by atomic mass is 10.0. The van der Waals surface area contributed by atoms with Crippen LogP contribution in [0.15, 0.2) is 12.1 Å². The maximum absolute atomic E-state index is 12.7. The number of hydrogen-bond acceptors (Lipinski definition) is 4. The van der Waals surface area contributed by atoms with Crippen LogP contribution < -0.4 is 0 Å². The molecule has 1 aromatic rings. The van der Waals surface area contributed by atoms with Gasteiger partial charge in [0.2, 0.25) is 0 Å². The van der Waals surface area contributed by atoms with E-state index in [2.05, 4.69) is 4.74 Å². The summed E-state index contributed by atoms with van der Waals surface area (Å²) in [5.74, 6) is -1.57. The van der Waals surface area contributed by atoms with Crippen molar-refractivity contribution >= 4 is 5.97 Å². The molecule has 0 amide bonds. The van der Waals surface area contributed by atoms with E-state index in [1.54, 1.807) is 0 Å². The Bertz CT molecular complexity index is 480. The zero-order valence-corrected chi connectivity index (χ0v) is 8.91. The van der Waals surface area contributed by atoms with Gasteiger partial charge in [0.25, 0.3) is 6.43 Å². The molecule has 0 heterocycles. The Morgan fingerprint density at radius 1 is 1.59 bits per heavy atom. The third kappa shape index (κ3) is 2.50. The summed E-state index contributed by atoms with van der Waals surface area (Å²) in [6.45, 7) is 1.50. The highest BCUT2D eigenvalue weighted by atomic mass is 19.3. The Morgan fingerprint density at radius 2 is 2.24 bits per heavy atom. The molecular formula is C11H9F2NO3. The third-order valence-corrected chi connectivity index (χ3v) is 2.04. The molecule has 0 radical (unpaired) electrons. The summed E-state index contributed by atoms with van der Waals surface area (Å²) in [4.78, 5) is 11.5. The molecule has 1 rings (SSSR count). The van der Waals surface area contributed by atoms with Crippen LogP contribution in [-0.4, -0.2) is 17.7 Å². The predicted molar refractivity (Wildman–Crippen MR) is 53.7 cm³/mol.